The summed E-state index contributed by atoms with van der Waals surface area (Å²) >= 11 is 0. The van der Waals surface area contributed by atoms with Crippen LogP contribution >= 0.6 is 0 Å². The number of carbonyl (C=O) groups excluding carboxylic acids is 1. The molecule has 0 aromatic heterocycles. The third-order valence-electron chi connectivity index (χ3n) is 4.46. The van der Waals surface area contributed by atoms with E-state index in [1.54, 1.807) is 19.9 Å². The molecule has 0 N–H and O–H groups in total. The molecule has 1 aromatic rings. The Balaban J connectivity index is 2.20. The smallest absolute Gasteiger partial charge is 0.309 e. The molecule has 1 saturated heterocycles. The number of ether oxygens (including phenoxy) is 2. The number of aryl methyl sites for hydroxylation is 2. The largest absolute Gasteiger partial charge is 0.494 e. The maximum Gasteiger partial charge on any atom is 0.309 e. The summed E-state index contributed by atoms with van der Waals surface area (Å²) in [5.41, 5.74) is 1.62. The molecule has 7 heteroatoms. The fourth-order valence-corrected chi connectivity index (χ4v) is 4.83. The van der Waals surface area contributed by atoms with Gasteiger partial charge in [0.05, 0.1) is 24.0 Å². The Kier molecular flexibility index (Phi) is 6.46. The minimum Gasteiger partial charge on any atom is -0.494 e. The number of hydrogen-bond acceptors (Lipinski definition) is 5. The van der Waals surface area contributed by atoms with Gasteiger partial charge in [-0.25, -0.2) is 8.42 Å². The summed E-state index contributed by atoms with van der Waals surface area (Å²) in [6, 6.07) is 3.45. The Bertz CT molecular complexity index is 721. The molecule has 1 fully saturated rings. The zero-order chi connectivity index (χ0) is 18.6. The van der Waals surface area contributed by atoms with E-state index >= 15 is 0 Å². The summed E-state index contributed by atoms with van der Waals surface area (Å²) in [6.07, 6.45) is 0.975. The second-order valence-electron chi connectivity index (χ2n) is 6.25. The molecular formula is C18H27NO5S. The van der Waals surface area contributed by atoms with Gasteiger partial charge in [0, 0.05) is 19.2 Å². The number of nitrogens with zero attached hydrogens (tertiary/aromatic N) is 1. The number of rotatable bonds is 6. The molecule has 0 radical (unpaired) electrons. The third kappa shape index (κ3) is 4.33. The van der Waals surface area contributed by atoms with Crippen molar-refractivity contribution in [2.24, 2.45) is 5.92 Å². The van der Waals surface area contributed by atoms with Crippen LogP contribution in [0.15, 0.2) is 17.0 Å². The molecule has 140 valence electrons. The molecule has 1 aliphatic heterocycles. The van der Waals surface area contributed by atoms with Crippen LogP contribution in [-0.2, 0) is 19.6 Å². The molecule has 0 unspecified atom stereocenters. The van der Waals surface area contributed by atoms with Crippen LogP contribution in [0.5, 0.6) is 5.75 Å². The normalized spacial score (nSPS) is 16.6. The Morgan fingerprint density at radius 1 is 1.12 bits per heavy atom. The lowest BCUT2D eigenvalue weighted by molar-refractivity contribution is -0.149. The minimum atomic E-state index is -3.61. The van der Waals surface area contributed by atoms with Gasteiger partial charge in [0.15, 0.2) is 0 Å². The second-order valence-corrected chi connectivity index (χ2v) is 8.15. The molecule has 0 amide bonds. The average molecular weight is 369 g/mol. The van der Waals surface area contributed by atoms with Crippen molar-refractivity contribution in [3.8, 4) is 5.75 Å². The summed E-state index contributed by atoms with van der Waals surface area (Å²) in [6.45, 7) is 8.81. The minimum absolute atomic E-state index is 0.218. The van der Waals surface area contributed by atoms with Gasteiger partial charge in [0.2, 0.25) is 10.0 Å². The first kappa shape index (κ1) is 19.7. The standard InChI is InChI=1S/C18H27NO5S/c1-5-23-16-12-17(14(4)11-13(16)3)25(21,22)19-9-7-15(8-10-19)18(20)24-6-2/h11-12,15H,5-10H2,1-4H3. The van der Waals surface area contributed by atoms with Gasteiger partial charge < -0.3 is 9.47 Å². The monoisotopic (exact) mass is 369 g/mol. The number of piperidine rings is 1. The molecule has 6 nitrogen and oxygen atoms in total. The lowest BCUT2D eigenvalue weighted by Gasteiger charge is -2.30. The van der Waals surface area contributed by atoms with Crippen LogP contribution < -0.4 is 4.74 Å². The lowest BCUT2D eigenvalue weighted by atomic mass is 9.98. The Hall–Kier alpha value is -1.60. The first-order valence-electron chi connectivity index (χ1n) is 8.72. The predicted molar refractivity (Wildman–Crippen MR) is 95.2 cm³/mol. The van der Waals surface area contributed by atoms with E-state index in [4.69, 9.17) is 9.47 Å². The van der Waals surface area contributed by atoms with Crippen molar-refractivity contribution in [3.63, 3.8) is 0 Å². The quantitative estimate of drug-likeness (QED) is 0.721. The van der Waals surface area contributed by atoms with Crippen molar-refractivity contribution >= 4 is 16.0 Å². The van der Waals surface area contributed by atoms with Crippen molar-refractivity contribution in [2.75, 3.05) is 26.3 Å². The topological polar surface area (TPSA) is 72.9 Å². The number of esters is 1. The van der Waals surface area contributed by atoms with E-state index in [-0.39, 0.29) is 16.8 Å². The van der Waals surface area contributed by atoms with Crippen molar-refractivity contribution in [1.82, 2.24) is 4.31 Å². The van der Waals surface area contributed by atoms with Gasteiger partial charge in [0.1, 0.15) is 5.75 Å². The van der Waals surface area contributed by atoms with E-state index in [1.807, 2.05) is 19.9 Å². The molecule has 0 aliphatic carbocycles. The molecule has 0 bridgehead atoms. The van der Waals surface area contributed by atoms with Crippen LogP contribution in [-0.4, -0.2) is 45.0 Å². The highest BCUT2D eigenvalue weighted by Gasteiger charge is 2.33. The van der Waals surface area contributed by atoms with E-state index in [0.29, 0.717) is 50.5 Å². The molecular weight excluding hydrogens is 342 g/mol. The van der Waals surface area contributed by atoms with Crippen molar-refractivity contribution < 1.29 is 22.7 Å². The highest BCUT2D eigenvalue weighted by molar-refractivity contribution is 7.89. The predicted octanol–water partition coefficient (Wildman–Crippen LogP) is 2.67. The van der Waals surface area contributed by atoms with E-state index < -0.39 is 10.0 Å². The molecule has 2 rings (SSSR count). The van der Waals surface area contributed by atoms with Gasteiger partial charge in [-0.1, -0.05) is 6.07 Å². The van der Waals surface area contributed by atoms with Gasteiger partial charge in [-0.2, -0.15) is 4.31 Å². The summed E-state index contributed by atoms with van der Waals surface area (Å²) in [7, 11) is -3.61. The van der Waals surface area contributed by atoms with Crippen LogP contribution in [0.25, 0.3) is 0 Å². The first-order chi connectivity index (χ1) is 11.8. The van der Waals surface area contributed by atoms with E-state index in [2.05, 4.69) is 0 Å². The molecule has 0 saturated carbocycles. The van der Waals surface area contributed by atoms with Crippen LogP contribution in [0.1, 0.15) is 37.8 Å². The molecule has 1 aliphatic rings. The molecule has 1 heterocycles. The number of sulfonamides is 1. The van der Waals surface area contributed by atoms with Gasteiger partial charge in [-0.15, -0.1) is 0 Å². The van der Waals surface area contributed by atoms with Crippen LogP contribution in [0.2, 0.25) is 0 Å². The molecule has 1 aromatic carbocycles. The van der Waals surface area contributed by atoms with Crippen LogP contribution in [0.4, 0.5) is 0 Å². The third-order valence-corrected chi connectivity index (χ3v) is 6.50. The van der Waals surface area contributed by atoms with Gasteiger partial charge >= 0.3 is 5.97 Å². The fraction of sp³-hybridized carbons (Fsp3) is 0.611. The second kappa shape index (κ2) is 8.19. The van der Waals surface area contributed by atoms with Crippen molar-refractivity contribution in [2.45, 2.75) is 45.4 Å². The van der Waals surface area contributed by atoms with E-state index in [1.165, 1.54) is 4.31 Å². The number of benzene rings is 1. The maximum atomic E-state index is 13.0. The maximum absolute atomic E-state index is 13.0. The fourth-order valence-electron chi connectivity index (χ4n) is 3.13. The summed E-state index contributed by atoms with van der Waals surface area (Å²) in [5.74, 6) is 0.141. The van der Waals surface area contributed by atoms with Gasteiger partial charge in [0.25, 0.3) is 0 Å². The number of hydrogen-bond donors (Lipinski definition) is 0. The summed E-state index contributed by atoms with van der Waals surface area (Å²) in [4.78, 5) is 12.1. The average Bonchev–Trinajstić information content (AvgIpc) is 2.57. The van der Waals surface area contributed by atoms with Crippen molar-refractivity contribution in [3.05, 3.63) is 23.3 Å². The molecule has 0 atom stereocenters. The summed E-state index contributed by atoms with van der Waals surface area (Å²) in [5, 5.41) is 0. The van der Waals surface area contributed by atoms with Crippen LogP contribution in [0, 0.1) is 19.8 Å². The molecule has 0 spiro atoms. The van der Waals surface area contributed by atoms with Crippen LogP contribution in [0.3, 0.4) is 0 Å². The first-order valence-corrected chi connectivity index (χ1v) is 10.2. The molecule has 25 heavy (non-hydrogen) atoms. The Morgan fingerprint density at radius 3 is 2.32 bits per heavy atom. The SMILES string of the molecule is CCOC(=O)C1CCN(S(=O)(=O)c2cc(OCC)c(C)cc2C)CC1. The van der Waals surface area contributed by atoms with Gasteiger partial charge in [-0.3, -0.25) is 4.79 Å². The van der Waals surface area contributed by atoms with Crippen molar-refractivity contribution in [1.29, 1.82) is 0 Å². The Morgan fingerprint density at radius 2 is 1.76 bits per heavy atom. The Labute approximate surface area is 150 Å². The lowest BCUT2D eigenvalue weighted by Crippen LogP contribution is -2.40. The van der Waals surface area contributed by atoms with E-state index in [9.17, 15) is 13.2 Å². The highest BCUT2D eigenvalue weighted by Crippen LogP contribution is 2.30. The number of carbonyl (C=O) groups is 1. The van der Waals surface area contributed by atoms with E-state index in [0.717, 1.165) is 5.56 Å². The highest BCUT2D eigenvalue weighted by atomic mass is 32.2. The summed E-state index contributed by atoms with van der Waals surface area (Å²) < 4.78 is 38.1. The van der Waals surface area contributed by atoms with Gasteiger partial charge in [-0.05, 0) is 51.7 Å². The zero-order valence-electron chi connectivity index (χ0n) is 15.4. The zero-order valence-corrected chi connectivity index (χ0v) is 16.2.